The van der Waals surface area contributed by atoms with Crippen LogP contribution < -0.4 is 9.80 Å². The van der Waals surface area contributed by atoms with Crippen LogP contribution in [0.1, 0.15) is 42.6 Å². The van der Waals surface area contributed by atoms with Gasteiger partial charge >= 0.3 is 0 Å². The average molecular weight is 501 g/mol. The Morgan fingerprint density at radius 3 is 2.65 bits per heavy atom. The van der Waals surface area contributed by atoms with Gasteiger partial charge in [0.2, 0.25) is 5.91 Å². The van der Waals surface area contributed by atoms with Gasteiger partial charge in [-0.2, -0.15) is 15.5 Å². The number of carbonyl (C=O) groups excluding carboxylic acids is 1. The fourth-order valence-corrected chi connectivity index (χ4v) is 5.85. The van der Waals surface area contributed by atoms with Gasteiger partial charge in [-0.05, 0) is 25.0 Å². The lowest BCUT2D eigenvalue weighted by Gasteiger charge is -2.37. The van der Waals surface area contributed by atoms with Crippen molar-refractivity contribution in [2.45, 2.75) is 38.8 Å². The van der Waals surface area contributed by atoms with Crippen molar-refractivity contribution in [2.24, 2.45) is 7.05 Å². The number of fused-ring (bicyclic) bond motifs is 2. The molecule has 10 heteroatoms. The Labute approximate surface area is 216 Å². The predicted molar refractivity (Wildman–Crippen MR) is 140 cm³/mol. The molecule has 2 aromatic heterocycles. The van der Waals surface area contributed by atoms with Gasteiger partial charge in [-0.1, -0.05) is 0 Å². The number of likely N-dealkylation sites (N-methyl/N-ethyl adjacent to an activating group) is 1. The highest BCUT2D eigenvalue weighted by Gasteiger charge is 2.34. The molecule has 0 bridgehead atoms. The second-order valence-corrected chi connectivity index (χ2v) is 10.2. The van der Waals surface area contributed by atoms with Crippen LogP contribution in [0.4, 0.5) is 17.2 Å². The minimum Gasteiger partial charge on any atom is -0.381 e. The molecule has 1 aromatic carbocycles. The smallest absolute Gasteiger partial charge is 0.219 e. The number of nitriles is 1. The number of rotatable bonds is 3. The van der Waals surface area contributed by atoms with E-state index < -0.39 is 0 Å². The van der Waals surface area contributed by atoms with Crippen molar-refractivity contribution in [3.8, 4) is 17.2 Å². The monoisotopic (exact) mass is 500 g/mol. The van der Waals surface area contributed by atoms with Crippen LogP contribution in [0, 0.1) is 11.3 Å². The van der Waals surface area contributed by atoms with E-state index in [2.05, 4.69) is 38.8 Å². The number of amides is 1. The number of nitrogens with zero attached hydrogens (tertiary/aromatic N) is 8. The van der Waals surface area contributed by atoms with Gasteiger partial charge in [-0.25, -0.2) is 0 Å². The molecule has 0 radical (unpaired) electrons. The van der Waals surface area contributed by atoms with Crippen LogP contribution in [0.15, 0.2) is 24.5 Å². The van der Waals surface area contributed by atoms with Gasteiger partial charge < -0.3 is 19.4 Å². The normalized spacial score (nSPS) is 17.9. The quantitative estimate of drug-likeness (QED) is 0.546. The van der Waals surface area contributed by atoms with Crippen molar-refractivity contribution in [3.05, 3.63) is 41.3 Å². The first-order valence-corrected chi connectivity index (χ1v) is 12.9. The predicted octanol–water partition coefficient (Wildman–Crippen LogP) is 3.00. The molecule has 192 valence electrons. The van der Waals surface area contributed by atoms with Gasteiger partial charge in [0.1, 0.15) is 0 Å². The maximum absolute atomic E-state index is 12.3. The highest BCUT2D eigenvalue weighted by molar-refractivity contribution is 5.87. The number of hydrogen-bond acceptors (Lipinski definition) is 7. The van der Waals surface area contributed by atoms with Crippen LogP contribution in [0.5, 0.6) is 0 Å². The number of anilines is 3. The van der Waals surface area contributed by atoms with Gasteiger partial charge in [-0.3, -0.25) is 14.2 Å². The molecule has 0 atom stereocenters. The fraction of sp³-hybridized carbons (Fsp3) is 0.481. The second-order valence-electron chi connectivity index (χ2n) is 10.2. The molecule has 5 heterocycles. The van der Waals surface area contributed by atoms with Crippen LogP contribution in [0.25, 0.3) is 11.1 Å². The molecule has 0 unspecified atom stereocenters. The molecule has 37 heavy (non-hydrogen) atoms. The van der Waals surface area contributed by atoms with E-state index in [1.165, 1.54) is 5.69 Å². The van der Waals surface area contributed by atoms with Crippen molar-refractivity contribution in [3.63, 3.8) is 0 Å². The van der Waals surface area contributed by atoms with E-state index >= 15 is 0 Å². The Morgan fingerprint density at radius 1 is 1.14 bits per heavy atom. The van der Waals surface area contributed by atoms with E-state index in [0.29, 0.717) is 24.7 Å². The summed E-state index contributed by atoms with van der Waals surface area (Å²) in [5, 5.41) is 19.6. The standard InChI is InChI=1S/C27H32N8O2/c1-18(36)33-7-4-24-23(17-33)27(30-35(24)21-5-10-37-11-6-21)34-9-8-31(2)25-13-22(19(14-28)12-26(25)34)20-15-29-32(3)16-20/h12-13,15-16,21H,4-11,17H2,1-3H3. The average Bonchev–Trinajstić information content (AvgIpc) is 3.52. The number of carbonyl (C=O) groups is 1. The van der Waals surface area contributed by atoms with Crippen molar-refractivity contribution < 1.29 is 9.53 Å². The Balaban J connectivity index is 1.48. The number of aromatic nitrogens is 4. The molecule has 0 aliphatic carbocycles. The number of benzene rings is 1. The zero-order valence-corrected chi connectivity index (χ0v) is 21.6. The van der Waals surface area contributed by atoms with E-state index in [9.17, 15) is 10.1 Å². The molecule has 3 aliphatic heterocycles. The first-order valence-electron chi connectivity index (χ1n) is 12.9. The molecule has 10 nitrogen and oxygen atoms in total. The molecule has 0 N–H and O–H groups in total. The van der Waals surface area contributed by atoms with Crippen LogP contribution in [-0.2, 0) is 29.5 Å². The lowest BCUT2D eigenvalue weighted by atomic mass is 9.98. The summed E-state index contributed by atoms with van der Waals surface area (Å²) < 4.78 is 9.60. The highest BCUT2D eigenvalue weighted by atomic mass is 16.5. The van der Waals surface area contributed by atoms with Gasteiger partial charge in [0, 0.05) is 88.9 Å². The first kappa shape index (κ1) is 23.6. The summed E-state index contributed by atoms with van der Waals surface area (Å²) in [4.78, 5) is 18.7. The summed E-state index contributed by atoms with van der Waals surface area (Å²) in [6.45, 7) is 5.96. The Morgan fingerprint density at radius 2 is 1.95 bits per heavy atom. The largest absolute Gasteiger partial charge is 0.381 e. The lowest BCUT2D eigenvalue weighted by molar-refractivity contribution is -0.129. The molecule has 1 amide bonds. The van der Waals surface area contributed by atoms with Gasteiger partial charge in [-0.15, -0.1) is 0 Å². The minimum atomic E-state index is 0.0853. The zero-order valence-electron chi connectivity index (χ0n) is 21.6. The summed E-state index contributed by atoms with van der Waals surface area (Å²) in [5.41, 5.74) is 6.78. The van der Waals surface area contributed by atoms with Crippen molar-refractivity contribution in [2.75, 3.05) is 49.7 Å². The van der Waals surface area contributed by atoms with Crippen molar-refractivity contribution >= 4 is 23.1 Å². The van der Waals surface area contributed by atoms with E-state index in [0.717, 1.165) is 79.4 Å². The first-order chi connectivity index (χ1) is 17.9. The number of ether oxygens (including phenoxy) is 1. The van der Waals surface area contributed by atoms with E-state index in [1.807, 2.05) is 24.2 Å². The lowest BCUT2D eigenvalue weighted by Crippen LogP contribution is -2.38. The van der Waals surface area contributed by atoms with Crippen molar-refractivity contribution in [1.82, 2.24) is 24.5 Å². The summed E-state index contributed by atoms with van der Waals surface area (Å²) in [7, 11) is 3.97. The molecule has 0 spiro atoms. The Bertz CT molecular complexity index is 1390. The SMILES string of the molecule is CC(=O)N1CCc2c(c(N3CCN(C)c4cc(-c5cnn(C)c5)c(C#N)cc43)nn2C2CCOCC2)C1. The fourth-order valence-electron chi connectivity index (χ4n) is 5.85. The van der Waals surface area contributed by atoms with Gasteiger partial charge in [0.05, 0.1) is 41.8 Å². The minimum absolute atomic E-state index is 0.0853. The third-order valence-corrected chi connectivity index (χ3v) is 7.91. The van der Waals surface area contributed by atoms with Crippen molar-refractivity contribution in [1.29, 1.82) is 5.26 Å². The molecule has 3 aromatic rings. The number of hydrogen-bond donors (Lipinski definition) is 0. The Hall–Kier alpha value is -3.84. The molecular weight excluding hydrogens is 468 g/mol. The molecule has 1 saturated heterocycles. The molecule has 3 aliphatic rings. The van der Waals surface area contributed by atoms with Crippen LogP contribution >= 0.6 is 0 Å². The van der Waals surface area contributed by atoms with E-state index in [-0.39, 0.29) is 5.91 Å². The Kier molecular flexibility index (Phi) is 5.88. The van der Waals surface area contributed by atoms with Gasteiger partial charge in [0.25, 0.3) is 0 Å². The summed E-state index contributed by atoms with van der Waals surface area (Å²) >= 11 is 0. The maximum atomic E-state index is 12.3. The zero-order chi connectivity index (χ0) is 25.7. The van der Waals surface area contributed by atoms with E-state index in [4.69, 9.17) is 9.84 Å². The summed E-state index contributed by atoms with van der Waals surface area (Å²) in [5.74, 6) is 0.988. The van der Waals surface area contributed by atoms with Gasteiger partial charge in [0.15, 0.2) is 5.82 Å². The summed E-state index contributed by atoms with van der Waals surface area (Å²) in [6.07, 6.45) is 6.41. The topological polar surface area (TPSA) is 95.5 Å². The molecular formula is C27H32N8O2. The van der Waals surface area contributed by atoms with Crippen LogP contribution in [0.3, 0.4) is 0 Å². The molecule has 0 saturated carbocycles. The van der Waals surface area contributed by atoms with Crippen LogP contribution in [-0.4, -0.2) is 70.3 Å². The van der Waals surface area contributed by atoms with E-state index in [1.54, 1.807) is 17.8 Å². The highest BCUT2D eigenvalue weighted by Crippen LogP contribution is 2.44. The summed E-state index contributed by atoms with van der Waals surface area (Å²) in [6, 6.07) is 6.79. The third kappa shape index (κ3) is 4.03. The van der Waals surface area contributed by atoms with Crippen LogP contribution in [0.2, 0.25) is 0 Å². The molecule has 1 fully saturated rings. The second kappa shape index (κ2) is 9.23. The number of aryl methyl sites for hydroxylation is 1. The maximum Gasteiger partial charge on any atom is 0.219 e. The third-order valence-electron chi connectivity index (χ3n) is 7.91. The molecule has 6 rings (SSSR count).